The van der Waals surface area contributed by atoms with Crippen LogP contribution in [0.3, 0.4) is 0 Å². The number of benzene rings is 1. The second-order valence-corrected chi connectivity index (χ2v) is 5.95. The molecule has 5 nitrogen and oxygen atoms in total. The lowest BCUT2D eigenvalue weighted by Crippen LogP contribution is -2.45. The number of carbonyl (C=O) groups excluding carboxylic acids is 1. The van der Waals surface area contributed by atoms with Crippen LogP contribution in [0.4, 0.5) is 10.1 Å². The van der Waals surface area contributed by atoms with Gasteiger partial charge in [0.05, 0.1) is 14.2 Å². The first-order valence-corrected chi connectivity index (χ1v) is 7.31. The summed E-state index contributed by atoms with van der Waals surface area (Å²) in [6.07, 6.45) is 0.779. The Morgan fingerprint density at radius 1 is 1.27 bits per heavy atom. The van der Waals surface area contributed by atoms with Gasteiger partial charge in [-0.3, -0.25) is 4.79 Å². The molecule has 122 valence electrons. The summed E-state index contributed by atoms with van der Waals surface area (Å²) < 4.78 is 24.1. The van der Waals surface area contributed by atoms with Crippen LogP contribution in [0.15, 0.2) is 18.2 Å². The normalized spacial score (nSPS) is 18.2. The van der Waals surface area contributed by atoms with E-state index in [0.29, 0.717) is 18.0 Å². The van der Waals surface area contributed by atoms with E-state index in [-0.39, 0.29) is 6.04 Å². The van der Waals surface area contributed by atoms with Crippen molar-refractivity contribution in [2.24, 2.45) is 0 Å². The van der Waals surface area contributed by atoms with Gasteiger partial charge >= 0.3 is 0 Å². The van der Waals surface area contributed by atoms with E-state index in [2.05, 4.69) is 10.2 Å². The molecule has 0 bridgehead atoms. The van der Waals surface area contributed by atoms with Crippen LogP contribution < -0.4 is 19.7 Å². The summed E-state index contributed by atoms with van der Waals surface area (Å²) in [5.41, 5.74) is -0.889. The van der Waals surface area contributed by atoms with Gasteiger partial charge in [-0.1, -0.05) is 0 Å². The number of carbonyl (C=O) groups is 1. The topological polar surface area (TPSA) is 50.8 Å². The standard InChI is InChI=1S/C16H23FN2O3/c1-16(2,17)15(20)18-11-5-6-19(10-11)12-7-13(21-3)9-14(8-12)22-4/h7-9,11H,5-6,10H2,1-4H3,(H,18,20)/t11-/m0/s1. The van der Waals surface area contributed by atoms with E-state index >= 15 is 0 Å². The van der Waals surface area contributed by atoms with Gasteiger partial charge in [0.25, 0.3) is 5.91 Å². The Morgan fingerprint density at radius 3 is 2.36 bits per heavy atom. The van der Waals surface area contributed by atoms with E-state index in [1.165, 1.54) is 13.8 Å². The Bertz CT molecular complexity index is 520. The molecule has 2 rings (SSSR count). The maximum atomic E-state index is 13.6. The Morgan fingerprint density at radius 2 is 1.86 bits per heavy atom. The summed E-state index contributed by atoms with van der Waals surface area (Å²) >= 11 is 0. The Hall–Kier alpha value is -1.98. The summed E-state index contributed by atoms with van der Waals surface area (Å²) in [6, 6.07) is 5.60. The SMILES string of the molecule is COc1cc(OC)cc(N2CC[C@H](NC(=O)C(C)(C)F)C2)c1. The van der Waals surface area contributed by atoms with E-state index in [1.807, 2.05) is 18.2 Å². The number of hydrogen-bond donors (Lipinski definition) is 1. The van der Waals surface area contributed by atoms with Crippen molar-refractivity contribution in [3.05, 3.63) is 18.2 Å². The average Bonchev–Trinajstić information content (AvgIpc) is 2.94. The van der Waals surface area contributed by atoms with Crippen LogP contribution in [0, 0.1) is 0 Å². The first-order valence-electron chi connectivity index (χ1n) is 7.31. The predicted molar refractivity (Wildman–Crippen MR) is 83.5 cm³/mol. The van der Waals surface area contributed by atoms with E-state index in [9.17, 15) is 9.18 Å². The van der Waals surface area contributed by atoms with Crippen molar-refractivity contribution in [2.45, 2.75) is 32.0 Å². The van der Waals surface area contributed by atoms with E-state index < -0.39 is 11.6 Å². The van der Waals surface area contributed by atoms with Gasteiger partial charge in [-0.15, -0.1) is 0 Å². The van der Waals surface area contributed by atoms with Crippen molar-refractivity contribution in [1.82, 2.24) is 5.32 Å². The molecule has 0 spiro atoms. The zero-order valence-electron chi connectivity index (χ0n) is 13.5. The third kappa shape index (κ3) is 3.81. The second-order valence-electron chi connectivity index (χ2n) is 5.95. The van der Waals surface area contributed by atoms with Crippen LogP contribution in [0.1, 0.15) is 20.3 Å². The van der Waals surface area contributed by atoms with E-state index in [0.717, 1.165) is 18.7 Å². The summed E-state index contributed by atoms with van der Waals surface area (Å²) in [4.78, 5) is 13.8. The first kappa shape index (κ1) is 16.4. The first-order chi connectivity index (χ1) is 10.3. The molecule has 1 aromatic rings. The van der Waals surface area contributed by atoms with Crippen LogP contribution in [-0.4, -0.2) is 44.9 Å². The molecule has 1 N–H and O–H groups in total. The molecule has 1 amide bonds. The van der Waals surface area contributed by atoms with Gasteiger partial charge in [0.1, 0.15) is 11.5 Å². The van der Waals surface area contributed by atoms with Crippen LogP contribution >= 0.6 is 0 Å². The van der Waals surface area contributed by atoms with Gasteiger partial charge in [-0.2, -0.15) is 0 Å². The fourth-order valence-corrected chi connectivity index (χ4v) is 2.44. The smallest absolute Gasteiger partial charge is 0.257 e. The van der Waals surface area contributed by atoms with Crippen molar-refractivity contribution in [2.75, 3.05) is 32.2 Å². The lowest BCUT2D eigenvalue weighted by Gasteiger charge is -2.22. The van der Waals surface area contributed by atoms with Crippen LogP contribution in [0.5, 0.6) is 11.5 Å². The fraction of sp³-hybridized carbons (Fsp3) is 0.562. The Balaban J connectivity index is 2.05. The zero-order valence-corrected chi connectivity index (χ0v) is 13.5. The minimum atomic E-state index is -1.85. The average molecular weight is 310 g/mol. The highest BCUT2D eigenvalue weighted by atomic mass is 19.1. The summed E-state index contributed by atoms with van der Waals surface area (Å²) in [5.74, 6) is 0.862. The lowest BCUT2D eigenvalue weighted by molar-refractivity contribution is -0.131. The van der Waals surface area contributed by atoms with Crippen molar-refractivity contribution in [1.29, 1.82) is 0 Å². The molecule has 0 radical (unpaired) electrons. The summed E-state index contributed by atoms with van der Waals surface area (Å²) in [5, 5.41) is 2.76. The van der Waals surface area contributed by atoms with Crippen LogP contribution in [0.2, 0.25) is 0 Å². The largest absolute Gasteiger partial charge is 0.497 e. The summed E-state index contributed by atoms with van der Waals surface area (Å²) in [7, 11) is 3.21. The van der Waals surface area contributed by atoms with Gasteiger partial charge in [-0.05, 0) is 20.3 Å². The van der Waals surface area contributed by atoms with Gasteiger partial charge < -0.3 is 19.7 Å². The monoisotopic (exact) mass is 310 g/mol. The molecule has 6 heteroatoms. The Kier molecular flexibility index (Phi) is 4.78. The highest BCUT2D eigenvalue weighted by Gasteiger charge is 2.31. The quantitative estimate of drug-likeness (QED) is 0.905. The number of anilines is 1. The third-order valence-electron chi connectivity index (χ3n) is 3.76. The number of ether oxygens (including phenoxy) is 2. The molecule has 0 saturated carbocycles. The number of rotatable bonds is 5. The second kappa shape index (κ2) is 6.42. The number of hydrogen-bond acceptors (Lipinski definition) is 4. The summed E-state index contributed by atoms with van der Waals surface area (Å²) in [6.45, 7) is 3.95. The maximum Gasteiger partial charge on any atom is 0.257 e. The van der Waals surface area contributed by atoms with Crippen molar-refractivity contribution < 1.29 is 18.7 Å². The predicted octanol–water partition coefficient (Wildman–Crippen LogP) is 2.15. The number of amides is 1. The fourth-order valence-electron chi connectivity index (χ4n) is 2.44. The highest BCUT2D eigenvalue weighted by molar-refractivity contribution is 5.84. The lowest BCUT2D eigenvalue weighted by atomic mass is 10.1. The molecule has 1 saturated heterocycles. The van der Waals surface area contributed by atoms with Crippen molar-refractivity contribution >= 4 is 11.6 Å². The molecule has 1 aliphatic rings. The molecule has 1 heterocycles. The Labute approximate surface area is 130 Å². The number of halogens is 1. The third-order valence-corrected chi connectivity index (χ3v) is 3.76. The zero-order chi connectivity index (χ0) is 16.3. The molecular formula is C16H23FN2O3. The van der Waals surface area contributed by atoms with E-state index in [4.69, 9.17) is 9.47 Å². The number of nitrogens with one attached hydrogen (secondary N) is 1. The van der Waals surface area contributed by atoms with E-state index in [1.54, 1.807) is 14.2 Å². The minimum Gasteiger partial charge on any atom is -0.497 e. The molecule has 1 aliphatic heterocycles. The maximum absolute atomic E-state index is 13.6. The van der Waals surface area contributed by atoms with Crippen molar-refractivity contribution in [3.63, 3.8) is 0 Å². The van der Waals surface area contributed by atoms with Gasteiger partial charge in [0.15, 0.2) is 5.67 Å². The van der Waals surface area contributed by atoms with Gasteiger partial charge in [0.2, 0.25) is 0 Å². The number of methoxy groups -OCH3 is 2. The van der Waals surface area contributed by atoms with Crippen LogP contribution in [0.25, 0.3) is 0 Å². The molecular weight excluding hydrogens is 287 g/mol. The molecule has 1 aromatic carbocycles. The minimum absolute atomic E-state index is 0.0558. The molecule has 0 aromatic heterocycles. The van der Waals surface area contributed by atoms with Gasteiger partial charge in [0, 0.05) is 43.0 Å². The molecule has 22 heavy (non-hydrogen) atoms. The highest BCUT2D eigenvalue weighted by Crippen LogP contribution is 2.30. The van der Waals surface area contributed by atoms with Crippen LogP contribution in [-0.2, 0) is 4.79 Å². The molecule has 1 atom stereocenters. The van der Waals surface area contributed by atoms with Crippen molar-refractivity contribution in [3.8, 4) is 11.5 Å². The number of nitrogens with zero attached hydrogens (tertiary/aromatic N) is 1. The molecule has 0 unspecified atom stereocenters. The molecule has 1 fully saturated rings. The van der Waals surface area contributed by atoms with Gasteiger partial charge in [-0.25, -0.2) is 4.39 Å². The number of alkyl halides is 1. The molecule has 0 aliphatic carbocycles.